The molecule has 0 unspecified atom stereocenters. The van der Waals surface area contributed by atoms with E-state index in [0.29, 0.717) is 12.6 Å². The SMILES string of the molecule is COc1ncc(CN2CCO[C@@H](c3nc(C)cc(C)n3)C2)cn1. The van der Waals surface area contributed by atoms with E-state index in [0.717, 1.165) is 42.4 Å². The van der Waals surface area contributed by atoms with Crippen molar-refractivity contribution < 1.29 is 9.47 Å². The Labute approximate surface area is 135 Å². The first kappa shape index (κ1) is 15.8. The fourth-order valence-electron chi connectivity index (χ4n) is 2.69. The lowest BCUT2D eigenvalue weighted by atomic mass is 10.2. The molecule has 0 spiro atoms. The maximum Gasteiger partial charge on any atom is 0.316 e. The second kappa shape index (κ2) is 6.97. The Morgan fingerprint density at radius 1 is 1.22 bits per heavy atom. The van der Waals surface area contributed by atoms with Gasteiger partial charge in [-0.15, -0.1) is 0 Å². The highest BCUT2D eigenvalue weighted by molar-refractivity contribution is 5.11. The van der Waals surface area contributed by atoms with Crippen LogP contribution >= 0.6 is 0 Å². The van der Waals surface area contributed by atoms with Crippen LogP contribution in [-0.2, 0) is 11.3 Å². The van der Waals surface area contributed by atoms with Crippen LogP contribution in [0.3, 0.4) is 0 Å². The molecule has 7 nitrogen and oxygen atoms in total. The quantitative estimate of drug-likeness (QED) is 0.845. The van der Waals surface area contributed by atoms with E-state index in [1.165, 1.54) is 0 Å². The van der Waals surface area contributed by atoms with Crippen LogP contribution in [0.15, 0.2) is 18.5 Å². The number of nitrogens with zero attached hydrogens (tertiary/aromatic N) is 5. The van der Waals surface area contributed by atoms with Crippen molar-refractivity contribution >= 4 is 0 Å². The third-order valence-corrected chi connectivity index (χ3v) is 3.71. The molecular formula is C16H21N5O2. The van der Waals surface area contributed by atoms with Gasteiger partial charge >= 0.3 is 6.01 Å². The summed E-state index contributed by atoms with van der Waals surface area (Å²) in [5.74, 6) is 0.762. The summed E-state index contributed by atoms with van der Waals surface area (Å²) >= 11 is 0. The van der Waals surface area contributed by atoms with E-state index in [1.807, 2.05) is 19.9 Å². The summed E-state index contributed by atoms with van der Waals surface area (Å²) in [4.78, 5) is 19.6. The van der Waals surface area contributed by atoms with Gasteiger partial charge in [-0.3, -0.25) is 4.90 Å². The van der Waals surface area contributed by atoms with E-state index in [1.54, 1.807) is 19.5 Å². The van der Waals surface area contributed by atoms with Gasteiger partial charge < -0.3 is 9.47 Å². The molecule has 1 aliphatic rings. The highest BCUT2D eigenvalue weighted by Crippen LogP contribution is 2.21. The van der Waals surface area contributed by atoms with E-state index < -0.39 is 0 Å². The van der Waals surface area contributed by atoms with E-state index >= 15 is 0 Å². The van der Waals surface area contributed by atoms with Gasteiger partial charge in [0.1, 0.15) is 6.10 Å². The predicted molar refractivity (Wildman–Crippen MR) is 84.1 cm³/mol. The number of rotatable bonds is 4. The summed E-state index contributed by atoms with van der Waals surface area (Å²) in [5.41, 5.74) is 2.99. The normalized spacial score (nSPS) is 18.8. The fourth-order valence-corrected chi connectivity index (χ4v) is 2.69. The zero-order chi connectivity index (χ0) is 16.2. The Bertz CT molecular complexity index is 642. The molecule has 1 saturated heterocycles. The molecule has 1 aliphatic heterocycles. The summed E-state index contributed by atoms with van der Waals surface area (Å²) in [6, 6.07) is 2.36. The van der Waals surface area contributed by atoms with Crippen LogP contribution in [0, 0.1) is 13.8 Å². The maximum absolute atomic E-state index is 5.86. The molecule has 7 heteroatoms. The first-order valence-electron chi connectivity index (χ1n) is 7.65. The van der Waals surface area contributed by atoms with Gasteiger partial charge in [-0.25, -0.2) is 19.9 Å². The molecule has 1 fully saturated rings. The predicted octanol–water partition coefficient (Wildman–Crippen LogP) is 1.47. The standard InChI is InChI=1S/C16H21N5O2/c1-11-6-12(2)20-15(19-11)14-10-21(4-5-23-14)9-13-7-17-16(22-3)18-8-13/h6-8,14H,4-5,9-10H2,1-3H3/t14-/m1/s1. The molecule has 0 bridgehead atoms. The molecule has 2 aromatic rings. The monoisotopic (exact) mass is 315 g/mol. The fraction of sp³-hybridized carbons (Fsp3) is 0.500. The van der Waals surface area contributed by atoms with Crippen LogP contribution in [0.1, 0.15) is 28.9 Å². The molecular weight excluding hydrogens is 294 g/mol. The minimum absolute atomic E-state index is 0.0958. The summed E-state index contributed by atoms with van der Waals surface area (Å²) in [6.45, 7) is 7.02. The number of hydrogen-bond donors (Lipinski definition) is 0. The number of methoxy groups -OCH3 is 1. The number of morpholine rings is 1. The Hall–Kier alpha value is -2.12. The zero-order valence-electron chi connectivity index (χ0n) is 13.7. The molecule has 3 rings (SSSR count). The van der Waals surface area contributed by atoms with Gasteiger partial charge in [0.25, 0.3) is 0 Å². The van der Waals surface area contributed by atoms with E-state index in [-0.39, 0.29) is 6.10 Å². The van der Waals surface area contributed by atoms with Crippen LogP contribution in [-0.4, -0.2) is 51.6 Å². The second-order valence-corrected chi connectivity index (χ2v) is 5.68. The van der Waals surface area contributed by atoms with Crippen molar-refractivity contribution in [2.45, 2.75) is 26.5 Å². The van der Waals surface area contributed by atoms with Gasteiger partial charge in [-0.1, -0.05) is 0 Å². The smallest absolute Gasteiger partial charge is 0.316 e. The molecule has 0 radical (unpaired) electrons. The van der Waals surface area contributed by atoms with Crippen molar-refractivity contribution in [3.63, 3.8) is 0 Å². The van der Waals surface area contributed by atoms with Gasteiger partial charge in [0.05, 0.1) is 13.7 Å². The van der Waals surface area contributed by atoms with E-state index in [2.05, 4.69) is 24.8 Å². The van der Waals surface area contributed by atoms with Crippen LogP contribution in [0.5, 0.6) is 6.01 Å². The largest absolute Gasteiger partial charge is 0.467 e. The van der Waals surface area contributed by atoms with Crippen LogP contribution < -0.4 is 4.74 Å². The Morgan fingerprint density at radius 3 is 2.57 bits per heavy atom. The lowest BCUT2D eigenvalue weighted by Gasteiger charge is -2.32. The molecule has 3 heterocycles. The lowest BCUT2D eigenvalue weighted by Crippen LogP contribution is -2.38. The summed E-state index contributed by atoms with van der Waals surface area (Å²) in [7, 11) is 1.56. The van der Waals surface area contributed by atoms with Crippen LogP contribution in [0.2, 0.25) is 0 Å². The van der Waals surface area contributed by atoms with Crippen LogP contribution in [0.25, 0.3) is 0 Å². The first-order chi connectivity index (χ1) is 11.1. The Morgan fingerprint density at radius 2 is 1.91 bits per heavy atom. The van der Waals surface area contributed by atoms with E-state index in [9.17, 15) is 0 Å². The molecule has 23 heavy (non-hydrogen) atoms. The Balaban J connectivity index is 1.67. The van der Waals surface area contributed by atoms with Crippen molar-refractivity contribution in [3.05, 3.63) is 41.2 Å². The van der Waals surface area contributed by atoms with Crippen molar-refractivity contribution in [2.24, 2.45) is 0 Å². The summed E-state index contributed by atoms with van der Waals surface area (Å²) in [5, 5.41) is 0. The minimum atomic E-state index is -0.0958. The summed E-state index contributed by atoms with van der Waals surface area (Å²) < 4.78 is 10.8. The van der Waals surface area contributed by atoms with Gasteiger partial charge in [0.2, 0.25) is 0 Å². The lowest BCUT2D eigenvalue weighted by molar-refractivity contribution is -0.0374. The third-order valence-electron chi connectivity index (χ3n) is 3.71. The van der Waals surface area contributed by atoms with Crippen molar-refractivity contribution in [1.29, 1.82) is 0 Å². The molecule has 0 saturated carbocycles. The zero-order valence-corrected chi connectivity index (χ0v) is 13.7. The number of aromatic nitrogens is 4. The molecule has 0 N–H and O–H groups in total. The average Bonchev–Trinajstić information content (AvgIpc) is 2.55. The topological polar surface area (TPSA) is 73.3 Å². The maximum atomic E-state index is 5.86. The van der Waals surface area contributed by atoms with E-state index in [4.69, 9.17) is 9.47 Å². The van der Waals surface area contributed by atoms with Crippen molar-refractivity contribution in [1.82, 2.24) is 24.8 Å². The van der Waals surface area contributed by atoms with Gasteiger partial charge in [0, 0.05) is 49.0 Å². The summed E-state index contributed by atoms with van der Waals surface area (Å²) in [6.07, 6.45) is 3.49. The van der Waals surface area contributed by atoms with Crippen molar-refractivity contribution in [3.8, 4) is 6.01 Å². The molecule has 0 amide bonds. The van der Waals surface area contributed by atoms with Gasteiger partial charge in [-0.2, -0.15) is 0 Å². The molecule has 0 aromatic carbocycles. The highest BCUT2D eigenvalue weighted by Gasteiger charge is 2.24. The number of hydrogen-bond acceptors (Lipinski definition) is 7. The average molecular weight is 315 g/mol. The first-order valence-corrected chi connectivity index (χ1v) is 7.65. The molecule has 1 atom stereocenters. The third kappa shape index (κ3) is 4.00. The Kier molecular flexibility index (Phi) is 4.78. The number of ether oxygens (including phenoxy) is 2. The molecule has 2 aromatic heterocycles. The van der Waals surface area contributed by atoms with Gasteiger partial charge in [0.15, 0.2) is 5.82 Å². The minimum Gasteiger partial charge on any atom is -0.467 e. The van der Waals surface area contributed by atoms with Gasteiger partial charge in [-0.05, 0) is 19.9 Å². The van der Waals surface area contributed by atoms with Crippen molar-refractivity contribution in [2.75, 3.05) is 26.8 Å². The number of aryl methyl sites for hydroxylation is 2. The van der Waals surface area contributed by atoms with Crippen LogP contribution in [0.4, 0.5) is 0 Å². The second-order valence-electron chi connectivity index (χ2n) is 5.68. The highest BCUT2D eigenvalue weighted by atomic mass is 16.5. The molecule has 122 valence electrons. The molecule has 0 aliphatic carbocycles.